The van der Waals surface area contributed by atoms with Gasteiger partial charge in [-0.1, -0.05) is 12.8 Å². The molecule has 5 heteroatoms. The van der Waals surface area contributed by atoms with Crippen LogP contribution in [0.5, 0.6) is 11.5 Å². The van der Waals surface area contributed by atoms with Gasteiger partial charge in [-0.15, -0.1) is 0 Å². The number of methoxy groups -OCH3 is 2. The lowest BCUT2D eigenvalue weighted by atomic mass is 9.75. The van der Waals surface area contributed by atoms with Gasteiger partial charge in [0, 0.05) is 22.4 Å². The topological polar surface area (TPSA) is 46.6 Å². The summed E-state index contributed by atoms with van der Waals surface area (Å²) in [4.78, 5) is 8.58. The van der Waals surface area contributed by atoms with E-state index < -0.39 is 0 Å². The number of benzene rings is 2. The van der Waals surface area contributed by atoms with E-state index in [0.717, 1.165) is 46.5 Å². The first-order valence-electron chi connectivity index (χ1n) is 9.80. The Labute approximate surface area is 163 Å². The molecule has 0 radical (unpaired) electrons. The van der Waals surface area contributed by atoms with Crippen LogP contribution in [-0.4, -0.2) is 31.0 Å². The lowest BCUT2D eigenvalue weighted by Gasteiger charge is -2.35. The minimum Gasteiger partial charge on any atom is -0.493 e. The first-order chi connectivity index (χ1) is 13.7. The van der Waals surface area contributed by atoms with Gasteiger partial charge >= 0.3 is 0 Å². The van der Waals surface area contributed by atoms with Crippen LogP contribution in [-0.2, 0) is 0 Å². The van der Waals surface area contributed by atoms with Crippen molar-refractivity contribution < 1.29 is 13.9 Å². The van der Waals surface area contributed by atoms with Gasteiger partial charge in [0.1, 0.15) is 5.82 Å². The average molecular weight is 378 g/mol. The van der Waals surface area contributed by atoms with Crippen molar-refractivity contribution in [3.05, 3.63) is 59.0 Å². The molecule has 1 N–H and O–H groups in total. The van der Waals surface area contributed by atoms with Gasteiger partial charge in [-0.2, -0.15) is 0 Å². The smallest absolute Gasteiger partial charge is 0.161 e. The molecule has 2 unspecified atom stereocenters. The minimum absolute atomic E-state index is 0.234. The van der Waals surface area contributed by atoms with Gasteiger partial charge in [-0.3, -0.25) is 4.99 Å². The van der Waals surface area contributed by atoms with Crippen LogP contribution in [0, 0.1) is 5.82 Å². The maximum Gasteiger partial charge on any atom is 0.161 e. The van der Waals surface area contributed by atoms with Crippen molar-refractivity contribution in [2.75, 3.05) is 14.2 Å². The summed E-state index contributed by atoms with van der Waals surface area (Å²) in [5, 5.41) is 0.852. The van der Waals surface area contributed by atoms with Crippen LogP contribution in [0.4, 0.5) is 4.39 Å². The van der Waals surface area contributed by atoms with Crippen molar-refractivity contribution in [2.45, 2.75) is 37.6 Å². The molecule has 0 spiro atoms. The number of hydrogen-bond acceptors (Lipinski definition) is 3. The summed E-state index contributed by atoms with van der Waals surface area (Å²) in [6, 6.07) is 11.2. The van der Waals surface area contributed by atoms with E-state index in [1.54, 1.807) is 26.4 Å². The maximum absolute atomic E-state index is 13.7. The standard InChI is InChI=1S/C23H23FN2O2/c1-27-21-11-16-15-5-3-4-6-19(15)26-23(17(16)12-22(21)28-2)20-10-13-9-14(24)7-8-18(13)25-20/h7-12,15,19,25H,3-6H2,1-2H3. The zero-order valence-corrected chi connectivity index (χ0v) is 16.1. The second-order valence-corrected chi connectivity index (χ2v) is 7.65. The van der Waals surface area contributed by atoms with Crippen LogP contribution in [0.25, 0.3) is 10.9 Å². The molecule has 2 aromatic carbocycles. The Kier molecular flexibility index (Phi) is 4.11. The van der Waals surface area contributed by atoms with E-state index in [1.165, 1.54) is 24.5 Å². The molecule has 1 fully saturated rings. The van der Waals surface area contributed by atoms with E-state index >= 15 is 0 Å². The van der Waals surface area contributed by atoms with Crippen LogP contribution in [0.2, 0.25) is 0 Å². The number of hydrogen-bond donors (Lipinski definition) is 1. The van der Waals surface area contributed by atoms with Gasteiger partial charge in [0.2, 0.25) is 0 Å². The number of rotatable bonds is 3. The molecule has 1 aliphatic carbocycles. The monoisotopic (exact) mass is 378 g/mol. The van der Waals surface area contributed by atoms with Crippen molar-refractivity contribution >= 4 is 16.6 Å². The summed E-state index contributed by atoms with van der Waals surface area (Å²) in [6.45, 7) is 0. The van der Waals surface area contributed by atoms with Gasteiger partial charge in [-0.05, 0) is 54.8 Å². The first kappa shape index (κ1) is 17.3. The van der Waals surface area contributed by atoms with Crippen molar-refractivity contribution in [3.8, 4) is 11.5 Å². The molecule has 3 aromatic rings. The summed E-state index contributed by atoms with van der Waals surface area (Å²) >= 11 is 0. The molecule has 0 amide bonds. The maximum atomic E-state index is 13.7. The molecule has 2 aliphatic rings. The summed E-state index contributed by atoms with van der Waals surface area (Å²) in [5.74, 6) is 1.63. The molecular formula is C23H23FN2O2. The molecular weight excluding hydrogens is 355 g/mol. The van der Waals surface area contributed by atoms with E-state index in [-0.39, 0.29) is 11.9 Å². The number of ether oxygens (including phenoxy) is 2. The summed E-state index contributed by atoms with van der Waals surface area (Å²) in [7, 11) is 3.33. The van der Waals surface area contributed by atoms with Gasteiger partial charge in [0.25, 0.3) is 0 Å². The highest BCUT2D eigenvalue weighted by atomic mass is 19.1. The quantitative estimate of drug-likeness (QED) is 0.681. The van der Waals surface area contributed by atoms with Gasteiger partial charge in [0.05, 0.1) is 31.7 Å². The zero-order valence-electron chi connectivity index (χ0n) is 16.1. The Balaban J connectivity index is 1.71. The lowest BCUT2D eigenvalue weighted by Crippen LogP contribution is -2.29. The Hall–Kier alpha value is -2.82. The fourth-order valence-corrected chi connectivity index (χ4v) is 4.72. The highest BCUT2D eigenvalue weighted by Gasteiger charge is 2.35. The van der Waals surface area contributed by atoms with Crippen molar-refractivity contribution in [1.82, 2.24) is 4.98 Å². The van der Waals surface area contributed by atoms with Crippen LogP contribution in [0.1, 0.15) is 48.4 Å². The number of aromatic nitrogens is 1. The number of aliphatic imine (C=N–C) groups is 1. The van der Waals surface area contributed by atoms with Crippen LogP contribution >= 0.6 is 0 Å². The van der Waals surface area contributed by atoms with Crippen molar-refractivity contribution in [3.63, 3.8) is 0 Å². The largest absolute Gasteiger partial charge is 0.493 e. The van der Waals surface area contributed by atoms with Crippen LogP contribution in [0.15, 0.2) is 41.4 Å². The molecule has 1 aliphatic heterocycles. The minimum atomic E-state index is -0.234. The molecule has 0 bridgehead atoms. The molecule has 2 atom stereocenters. The zero-order chi connectivity index (χ0) is 19.3. The molecule has 2 heterocycles. The number of nitrogens with zero attached hydrogens (tertiary/aromatic N) is 1. The molecule has 4 nitrogen and oxygen atoms in total. The molecule has 5 rings (SSSR count). The SMILES string of the molecule is COc1cc2c(cc1OC)C1CCCCC1N=C2c1cc2cc(F)ccc2[nH]1. The van der Waals surface area contributed by atoms with Gasteiger partial charge < -0.3 is 14.5 Å². The Morgan fingerprint density at radius 1 is 1.00 bits per heavy atom. The highest BCUT2D eigenvalue weighted by molar-refractivity contribution is 6.15. The second kappa shape index (κ2) is 6.66. The second-order valence-electron chi connectivity index (χ2n) is 7.65. The van der Waals surface area contributed by atoms with E-state index in [2.05, 4.69) is 11.1 Å². The summed E-state index contributed by atoms with van der Waals surface area (Å²) in [5.41, 5.74) is 5.10. The third kappa shape index (κ3) is 2.68. The van der Waals surface area contributed by atoms with E-state index in [0.29, 0.717) is 11.7 Å². The highest BCUT2D eigenvalue weighted by Crippen LogP contribution is 2.44. The molecule has 1 aromatic heterocycles. The van der Waals surface area contributed by atoms with Crippen molar-refractivity contribution in [1.29, 1.82) is 0 Å². The van der Waals surface area contributed by atoms with E-state index in [9.17, 15) is 4.39 Å². The number of nitrogens with one attached hydrogen (secondary N) is 1. The predicted octanol–water partition coefficient (Wildman–Crippen LogP) is 5.20. The fraction of sp³-hybridized carbons (Fsp3) is 0.348. The fourth-order valence-electron chi connectivity index (χ4n) is 4.72. The van der Waals surface area contributed by atoms with E-state index in [4.69, 9.17) is 14.5 Å². The molecule has 1 saturated carbocycles. The van der Waals surface area contributed by atoms with Crippen LogP contribution < -0.4 is 9.47 Å². The predicted molar refractivity (Wildman–Crippen MR) is 108 cm³/mol. The average Bonchev–Trinajstić information content (AvgIpc) is 3.15. The Bertz CT molecular complexity index is 1090. The molecule has 0 saturated heterocycles. The summed E-state index contributed by atoms with van der Waals surface area (Å²) in [6.07, 6.45) is 4.67. The first-order valence-corrected chi connectivity index (χ1v) is 9.80. The third-order valence-corrected chi connectivity index (χ3v) is 6.07. The van der Waals surface area contributed by atoms with Crippen molar-refractivity contribution in [2.24, 2.45) is 4.99 Å². The Morgan fingerprint density at radius 3 is 2.61 bits per heavy atom. The molecule has 144 valence electrons. The molecule has 28 heavy (non-hydrogen) atoms. The number of fused-ring (bicyclic) bond motifs is 4. The van der Waals surface area contributed by atoms with E-state index in [1.807, 2.05) is 12.1 Å². The normalized spacial score (nSPS) is 21.0. The van der Waals surface area contributed by atoms with Crippen LogP contribution in [0.3, 0.4) is 0 Å². The third-order valence-electron chi connectivity index (χ3n) is 6.07. The van der Waals surface area contributed by atoms with Gasteiger partial charge in [0.15, 0.2) is 11.5 Å². The lowest BCUT2D eigenvalue weighted by molar-refractivity contribution is 0.349. The number of H-pyrrole nitrogens is 1. The number of aromatic amines is 1. The van der Waals surface area contributed by atoms with Gasteiger partial charge in [-0.25, -0.2) is 4.39 Å². The Morgan fingerprint density at radius 2 is 1.79 bits per heavy atom. The summed E-state index contributed by atoms with van der Waals surface area (Å²) < 4.78 is 24.8. The number of halogens is 1.